The Balaban J connectivity index is 2.32. The summed E-state index contributed by atoms with van der Waals surface area (Å²) in [6, 6.07) is 14.3. The number of anilines is 1. The Kier molecular flexibility index (Phi) is 4.07. The average Bonchev–Trinajstić information content (AvgIpc) is 2.39. The van der Waals surface area contributed by atoms with Gasteiger partial charge in [0, 0.05) is 23.9 Å². The van der Waals surface area contributed by atoms with Crippen LogP contribution < -0.4 is 10.5 Å². The zero-order chi connectivity index (χ0) is 13.8. The van der Waals surface area contributed by atoms with E-state index in [2.05, 4.69) is 43.3 Å². The maximum absolute atomic E-state index is 5.77. The molecule has 0 aliphatic carbocycles. The minimum absolute atomic E-state index is 0.713. The van der Waals surface area contributed by atoms with Gasteiger partial charge in [0.1, 0.15) is 5.75 Å². The van der Waals surface area contributed by atoms with Crippen LogP contribution in [0.5, 0.6) is 5.75 Å². The Morgan fingerprint density at radius 2 is 1.74 bits per heavy atom. The minimum atomic E-state index is 0.713. The lowest BCUT2D eigenvalue weighted by molar-refractivity contribution is 0.402. The molecule has 100 valence electrons. The molecule has 0 aromatic heterocycles. The predicted octanol–water partition coefficient (Wildman–Crippen LogP) is 3.01. The fourth-order valence-electron chi connectivity index (χ4n) is 2.10. The van der Waals surface area contributed by atoms with E-state index in [1.807, 2.05) is 18.2 Å². The van der Waals surface area contributed by atoms with Crippen LogP contribution in [-0.2, 0) is 6.54 Å². The monoisotopic (exact) mass is 256 g/mol. The van der Waals surface area contributed by atoms with Gasteiger partial charge in [0.15, 0.2) is 0 Å². The molecular weight excluding hydrogens is 236 g/mol. The molecule has 19 heavy (non-hydrogen) atoms. The molecule has 0 heterocycles. The van der Waals surface area contributed by atoms with Crippen molar-refractivity contribution in [2.24, 2.45) is 0 Å². The van der Waals surface area contributed by atoms with Crippen molar-refractivity contribution in [2.75, 3.05) is 26.9 Å². The highest BCUT2D eigenvalue weighted by Crippen LogP contribution is 2.31. The summed E-state index contributed by atoms with van der Waals surface area (Å²) in [5.41, 5.74) is 9.98. The molecule has 2 aromatic rings. The molecular formula is C16H20N2O. The number of rotatable bonds is 4. The number of nitrogens with zero attached hydrogens (tertiary/aromatic N) is 1. The van der Waals surface area contributed by atoms with Crippen LogP contribution in [0.3, 0.4) is 0 Å². The van der Waals surface area contributed by atoms with Crippen molar-refractivity contribution in [3.05, 3.63) is 48.0 Å². The molecule has 0 unspecified atom stereocenters. The van der Waals surface area contributed by atoms with Gasteiger partial charge in [0.05, 0.1) is 7.11 Å². The molecule has 0 saturated carbocycles. The Hall–Kier alpha value is -2.00. The zero-order valence-corrected chi connectivity index (χ0v) is 11.7. The zero-order valence-electron chi connectivity index (χ0n) is 11.7. The fourth-order valence-corrected chi connectivity index (χ4v) is 2.10. The highest BCUT2D eigenvalue weighted by atomic mass is 16.5. The molecule has 2 rings (SSSR count). The number of nitrogens with two attached hydrogens (primary N) is 1. The Morgan fingerprint density at radius 3 is 2.32 bits per heavy atom. The molecule has 3 heteroatoms. The van der Waals surface area contributed by atoms with Crippen molar-refractivity contribution < 1.29 is 4.74 Å². The van der Waals surface area contributed by atoms with Crippen LogP contribution in [0.1, 0.15) is 5.56 Å². The van der Waals surface area contributed by atoms with E-state index in [4.69, 9.17) is 10.5 Å². The van der Waals surface area contributed by atoms with Gasteiger partial charge in [-0.1, -0.05) is 24.3 Å². The fraction of sp³-hybridized carbons (Fsp3) is 0.250. The van der Waals surface area contributed by atoms with Crippen molar-refractivity contribution in [1.82, 2.24) is 4.90 Å². The van der Waals surface area contributed by atoms with E-state index in [0.717, 1.165) is 23.4 Å². The Morgan fingerprint density at radius 1 is 1.05 bits per heavy atom. The van der Waals surface area contributed by atoms with Crippen LogP contribution in [-0.4, -0.2) is 26.1 Å². The second kappa shape index (κ2) is 5.76. The second-order valence-electron chi connectivity index (χ2n) is 4.89. The first-order valence-electron chi connectivity index (χ1n) is 6.27. The molecule has 0 amide bonds. The van der Waals surface area contributed by atoms with Gasteiger partial charge in [-0.3, -0.25) is 0 Å². The maximum atomic E-state index is 5.77. The predicted molar refractivity (Wildman–Crippen MR) is 80.2 cm³/mol. The van der Waals surface area contributed by atoms with Gasteiger partial charge < -0.3 is 15.4 Å². The molecule has 0 atom stereocenters. The van der Waals surface area contributed by atoms with Crippen molar-refractivity contribution in [3.63, 3.8) is 0 Å². The highest BCUT2D eigenvalue weighted by molar-refractivity contribution is 5.73. The van der Waals surface area contributed by atoms with Crippen LogP contribution >= 0.6 is 0 Å². The quantitative estimate of drug-likeness (QED) is 0.855. The van der Waals surface area contributed by atoms with Gasteiger partial charge >= 0.3 is 0 Å². The third-order valence-electron chi connectivity index (χ3n) is 2.99. The Bertz CT molecular complexity index is 547. The second-order valence-corrected chi connectivity index (χ2v) is 4.89. The van der Waals surface area contributed by atoms with Gasteiger partial charge in [-0.05, 0) is 37.4 Å². The lowest BCUT2D eigenvalue weighted by Gasteiger charge is -2.12. The van der Waals surface area contributed by atoms with Gasteiger partial charge in [-0.2, -0.15) is 0 Å². The number of benzene rings is 2. The van der Waals surface area contributed by atoms with Crippen molar-refractivity contribution in [2.45, 2.75) is 6.54 Å². The maximum Gasteiger partial charge on any atom is 0.128 e. The SMILES string of the molecule is COc1cc(N)ccc1-c1ccc(CN(C)C)cc1. The topological polar surface area (TPSA) is 38.5 Å². The van der Waals surface area contributed by atoms with Gasteiger partial charge in [-0.15, -0.1) is 0 Å². The lowest BCUT2D eigenvalue weighted by Crippen LogP contribution is -2.10. The van der Waals surface area contributed by atoms with Crippen LogP contribution in [0.2, 0.25) is 0 Å². The third kappa shape index (κ3) is 3.26. The van der Waals surface area contributed by atoms with E-state index in [-0.39, 0.29) is 0 Å². The smallest absolute Gasteiger partial charge is 0.128 e. The first-order chi connectivity index (χ1) is 9.10. The van der Waals surface area contributed by atoms with E-state index in [1.54, 1.807) is 7.11 Å². The minimum Gasteiger partial charge on any atom is -0.496 e. The van der Waals surface area contributed by atoms with E-state index in [0.29, 0.717) is 5.69 Å². The van der Waals surface area contributed by atoms with E-state index in [9.17, 15) is 0 Å². The summed E-state index contributed by atoms with van der Waals surface area (Å²) in [7, 11) is 5.80. The average molecular weight is 256 g/mol. The first-order valence-corrected chi connectivity index (χ1v) is 6.27. The molecule has 0 aliphatic rings. The largest absolute Gasteiger partial charge is 0.496 e. The van der Waals surface area contributed by atoms with Crippen LogP contribution in [0.25, 0.3) is 11.1 Å². The third-order valence-corrected chi connectivity index (χ3v) is 2.99. The van der Waals surface area contributed by atoms with Gasteiger partial charge in [0.25, 0.3) is 0 Å². The number of hydrogen-bond donors (Lipinski definition) is 1. The first kappa shape index (κ1) is 13.4. The molecule has 0 saturated heterocycles. The highest BCUT2D eigenvalue weighted by Gasteiger charge is 2.06. The van der Waals surface area contributed by atoms with Crippen molar-refractivity contribution in [1.29, 1.82) is 0 Å². The van der Waals surface area contributed by atoms with E-state index < -0.39 is 0 Å². The normalized spacial score (nSPS) is 10.7. The number of nitrogen functional groups attached to an aromatic ring is 1. The molecule has 0 bridgehead atoms. The van der Waals surface area contributed by atoms with Crippen molar-refractivity contribution in [3.8, 4) is 16.9 Å². The van der Waals surface area contributed by atoms with E-state index >= 15 is 0 Å². The molecule has 0 spiro atoms. The van der Waals surface area contributed by atoms with E-state index in [1.165, 1.54) is 5.56 Å². The number of methoxy groups -OCH3 is 1. The molecule has 0 fully saturated rings. The summed E-state index contributed by atoms with van der Waals surface area (Å²) in [6.45, 7) is 0.944. The summed E-state index contributed by atoms with van der Waals surface area (Å²) < 4.78 is 5.39. The molecule has 2 aromatic carbocycles. The number of ether oxygens (including phenoxy) is 1. The van der Waals surface area contributed by atoms with Crippen LogP contribution in [0.15, 0.2) is 42.5 Å². The molecule has 0 radical (unpaired) electrons. The molecule has 3 nitrogen and oxygen atoms in total. The lowest BCUT2D eigenvalue weighted by atomic mass is 10.0. The Labute approximate surface area is 114 Å². The van der Waals surface area contributed by atoms with Gasteiger partial charge in [-0.25, -0.2) is 0 Å². The van der Waals surface area contributed by atoms with Gasteiger partial charge in [0.2, 0.25) is 0 Å². The summed E-state index contributed by atoms with van der Waals surface area (Å²) in [5.74, 6) is 0.806. The molecule has 2 N–H and O–H groups in total. The summed E-state index contributed by atoms with van der Waals surface area (Å²) in [4.78, 5) is 2.15. The van der Waals surface area contributed by atoms with Crippen LogP contribution in [0, 0.1) is 0 Å². The number of hydrogen-bond acceptors (Lipinski definition) is 3. The van der Waals surface area contributed by atoms with Crippen LogP contribution in [0.4, 0.5) is 5.69 Å². The summed E-state index contributed by atoms with van der Waals surface area (Å²) in [5, 5.41) is 0. The summed E-state index contributed by atoms with van der Waals surface area (Å²) >= 11 is 0. The molecule has 0 aliphatic heterocycles. The standard InChI is InChI=1S/C16H20N2O/c1-18(2)11-12-4-6-13(7-5-12)15-9-8-14(17)10-16(15)19-3/h4-10H,11,17H2,1-3H3. The van der Waals surface area contributed by atoms with Crippen molar-refractivity contribution >= 4 is 5.69 Å². The summed E-state index contributed by atoms with van der Waals surface area (Å²) in [6.07, 6.45) is 0.